The van der Waals surface area contributed by atoms with Crippen LogP contribution in [0.5, 0.6) is 5.75 Å². The summed E-state index contributed by atoms with van der Waals surface area (Å²) < 4.78 is 5.80. The molecule has 1 N–H and O–H groups in total. The molecule has 0 aliphatic carbocycles. The van der Waals surface area contributed by atoms with Crippen LogP contribution in [0.25, 0.3) is 0 Å². The topological polar surface area (TPSA) is 78.3 Å². The molecule has 0 radical (unpaired) electrons. The first-order valence-corrected chi connectivity index (χ1v) is 8.60. The van der Waals surface area contributed by atoms with Crippen molar-refractivity contribution < 1.29 is 9.53 Å². The van der Waals surface area contributed by atoms with Gasteiger partial charge in [0.1, 0.15) is 12.4 Å². The SMILES string of the molecule is CNC(=O)C1CN(Cc2ccc(OCc3cc(C#N)ccn3)cc2C)C1. The Bertz CT molecular complexity index is 838. The lowest BCUT2D eigenvalue weighted by molar-refractivity contribution is -0.129. The van der Waals surface area contributed by atoms with E-state index < -0.39 is 0 Å². The van der Waals surface area contributed by atoms with Crippen molar-refractivity contribution in [1.82, 2.24) is 15.2 Å². The van der Waals surface area contributed by atoms with Crippen LogP contribution in [0.15, 0.2) is 36.5 Å². The van der Waals surface area contributed by atoms with Crippen LogP contribution >= 0.6 is 0 Å². The van der Waals surface area contributed by atoms with E-state index in [0.717, 1.165) is 36.6 Å². The Morgan fingerprint density at radius 3 is 2.88 bits per heavy atom. The van der Waals surface area contributed by atoms with Crippen LogP contribution in [-0.4, -0.2) is 35.9 Å². The van der Waals surface area contributed by atoms with E-state index in [0.29, 0.717) is 12.2 Å². The van der Waals surface area contributed by atoms with Gasteiger partial charge in [0.15, 0.2) is 0 Å². The molecule has 6 nitrogen and oxygen atoms in total. The molecule has 1 saturated heterocycles. The molecular weight excluding hydrogens is 328 g/mol. The third kappa shape index (κ3) is 4.19. The van der Waals surface area contributed by atoms with Crippen LogP contribution in [0.2, 0.25) is 0 Å². The fourth-order valence-corrected chi connectivity index (χ4v) is 3.03. The quantitative estimate of drug-likeness (QED) is 0.862. The number of benzene rings is 1. The van der Waals surface area contributed by atoms with Gasteiger partial charge in [0, 0.05) is 32.9 Å². The fraction of sp³-hybridized carbons (Fsp3) is 0.350. The summed E-state index contributed by atoms with van der Waals surface area (Å²) >= 11 is 0. The van der Waals surface area contributed by atoms with Crippen molar-refractivity contribution in [3.05, 3.63) is 58.9 Å². The Balaban J connectivity index is 1.54. The van der Waals surface area contributed by atoms with E-state index in [1.165, 1.54) is 5.56 Å². The second-order valence-electron chi connectivity index (χ2n) is 6.53. The highest BCUT2D eigenvalue weighted by Gasteiger charge is 2.31. The molecule has 1 aliphatic rings. The van der Waals surface area contributed by atoms with Gasteiger partial charge in [-0.05, 0) is 42.3 Å². The number of carbonyl (C=O) groups excluding carboxylic acids is 1. The van der Waals surface area contributed by atoms with E-state index in [1.807, 2.05) is 12.1 Å². The third-order valence-corrected chi connectivity index (χ3v) is 4.61. The molecule has 0 unspecified atom stereocenters. The normalized spacial score (nSPS) is 14.3. The van der Waals surface area contributed by atoms with Crippen molar-refractivity contribution in [3.63, 3.8) is 0 Å². The van der Waals surface area contributed by atoms with Gasteiger partial charge in [0.05, 0.1) is 23.2 Å². The minimum Gasteiger partial charge on any atom is -0.487 e. The number of amides is 1. The van der Waals surface area contributed by atoms with Crippen molar-refractivity contribution in [2.45, 2.75) is 20.1 Å². The molecule has 0 spiro atoms. The Morgan fingerprint density at radius 2 is 2.19 bits per heavy atom. The maximum atomic E-state index is 11.6. The third-order valence-electron chi connectivity index (χ3n) is 4.61. The van der Waals surface area contributed by atoms with Gasteiger partial charge in [-0.15, -0.1) is 0 Å². The molecule has 3 rings (SSSR count). The Labute approximate surface area is 153 Å². The maximum absolute atomic E-state index is 11.6. The number of ether oxygens (including phenoxy) is 1. The van der Waals surface area contributed by atoms with Gasteiger partial charge >= 0.3 is 0 Å². The number of rotatable bonds is 6. The number of aromatic nitrogens is 1. The predicted molar refractivity (Wildman–Crippen MR) is 97.3 cm³/mol. The van der Waals surface area contributed by atoms with Crippen LogP contribution in [0.4, 0.5) is 0 Å². The number of nitrogens with one attached hydrogen (secondary N) is 1. The van der Waals surface area contributed by atoms with Crippen LogP contribution in [0.3, 0.4) is 0 Å². The highest BCUT2D eigenvalue weighted by Crippen LogP contribution is 2.23. The molecule has 1 aromatic heterocycles. The molecule has 1 aliphatic heterocycles. The van der Waals surface area contributed by atoms with Crippen molar-refractivity contribution in [3.8, 4) is 11.8 Å². The fourth-order valence-electron chi connectivity index (χ4n) is 3.03. The number of aryl methyl sites for hydroxylation is 1. The highest BCUT2D eigenvalue weighted by atomic mass is 16.5. The van der Waals surface area contributed by atoms with Gasteiger partial charge in [0.2, 0.25) is 5.91 Å². The largest absolute Gasteiger partial charge is 0.487 e. The number of nitriles is 1. The first kappa shape index (κ1) is 17.9. The number of hydrogen-bond donors (Lipinski definition) is 1. The number of pyridine rings is 1. The summed E-state index contributed by atoms with van der Waals surface area (Å²) in [5.41, 5.74) is 3.70. The van der Waals surface area contributed by atoms with E-state index in [9.17, 15) is 4.79 Å². The number of likely N-dealkylation sites (tertiary alicyclic amines) is 1. The summed E-state index contributed by atoms with van der Waals surface area (Å²) in [5, 5.41) is 11.6. The molecule has 0 atom stereocenters. The summed E-state index contributed by atoms with van der Waals surface area (Å²) in [6.07, 6.45) is 1.62. The molecule has 26 heavy (non-hydrogen) atoms. The lowest BCUT2D eigenvalue weighted by atomic mass is 9.97. The van der Waals surface area contributed by atoms with E-state index >= 15 is 0 Å². The second kappa shape index (κ2) is 7.98. The number of carbonyl (C=O) groups is 1. The molecule has 2 aromatic rings. The molecular formula is C20H22N4O2. The Hall–Kier alpha value is -2.91. The van der Waals surface area contributed by atoms with Crippen molar-refractivity contribution in [2.75, 3.05) is 20.1 Å². The van der Waals surface area contributed by atoms with Crippen LogP contribution in [0, 0.1) is 24.2 Å². The van der Waals surface area contributed by atoms with E-state index in [2.05, 4.69) is 34.3 Å². The molecule has 0 bridgehead atoms. The molecule has 134 valence electrons. The molecule has 0 saturated carbocycles. The lowest BCUT2D eigenvalue weighted by Crippen LogP contribution is -2.52. The zero-order valence-corrected chi connectivity index (χ0v) is 15.0. The van der Waals surface area contributed by atoms with Crippen LogP contribution in [0.1, 0.15) is 22.4 Å². The summed E-state index contributed by atoms with van der Waals surface area (Å²) in [5.74, 6) is 1.01. The Morgan fingerprint density at radius 1 is 1.38 bits per heavy atom. The molecule has 1 fully saturated rings. The van der Waals surface area contributed by atoms with Crippen LogP contribution < -0.4 is 10.1 Å². The smallest absolute Gasteiger partial charge is 0.225 e. The molecule has 1 amide bonds. The standard InChI is InChI=1S/C20H22N4O2/c1-14-7-19(26-13-18-8-15(9-21)5-6-23-18)4-3-16(14)10-24-11-17(12-24)20(25)22-2/h3-8,17H,10-13H2,1-2H3,(H,22,25). The number of nitrogens with zero attached hydrogens (tertiary/aromatic N) is 3. The summed E-state index contributed by atoms with van der Waals surface area (Å²) in [4.78, 5) is 18.0. The highest BCUT2D eigenvalue weighted by molar-refractivity contribution is 5.79. The minimum absolute atomic E-state index is 0.111. The molecule has 6 heteroatoms. The second-order valence-corrected chi connectivity index (χ2v) is 6.53. The molecule has 1 aromatic carbocycles. The zero-order valence-electron chi connectivity index (χ0n) is 15.0. The van der Waals surface area contributed by atoms with E-state index in [-0.39, 0.29) is 11.8 Å². The molecule has 2 heterocycles. The van der Waals surface area contributed by atoms with Gasteiger partial charge in [-0.25, -0.2) is 0 Å². The van der Waals surface area contributed by atoms with E-state index in [1.54, 1.807) is 25.4 Å². The first-order chi connectivity index (χ1) is 12.6. The average molecular weight is 350 g/mol. The lowest BCUT2D eigenvalue weighted by Gasteiger charge is -2.38. The summed E-state index contributed by atoms with van der Waals surface area (Å²) in [7, 11) is 1.68. The minimum atomic E-state index is 0.111. The predicted octanol–water partition coefficient (Wildman–Crippen LogP) is 2.02. The van der Waals surface area contributed by atoms with Gasteiger partial charge in [0.25, 0.3) is 0 Å². The van der Waals surface area contributed by atoms with Crippen molar-refractivity contribution in [1.29, 1.82) is 5.26 Å². The first-order valence-electron chi connectivity index (χ1n) is 8.60. The zero-order chi connectivity index (χ0) is 18.5. The summed E-state index contributed by atoms with van der Waals surface area (Å²) in [6, 6.07) is 11.5. The summed E-state index contributed by atoms with van der Waals surface area (Å²) in [6.45, 7) is 4.84. The van der Waals surface area contributed by atoms with Gasteiger partial charge in [-0.3, -0.25) is 14.7 Å². The van der Waals surface area contributed by atoms with Gasteiger partial charge in [-0.2, -0.15) is 5.26 Å². The monoisotopic (exact) mass is 350 g/mol. The van der Waals surface area contributed by atoms with Gasteiger partial charge < -0.3 is 10.1 Å². The number of hydrogen-bond acceptors (Lipinski definition) is 5. The van der Waals surface area contributed by atoms with Gasteiger partial charge in [-0.1, -0.05) is 6.07 Å². The van der Waals surface area contributed by atoms with E-state index in [4.69, 9.17) is 10.00 Å². The maximum Gasteiger partial charge on any atom is 0.225 e. The van der Waals surface area contributed by atoms with Crippen molar-refractivity contribution >= 4 is 5.91 Å². The van der Waals surface area contributed by atoms with Crippen LogP contribution in [-0.2, 0) is 17.9 Å². The average Bonchev–Trinajstić information content (AvgIpc) is 2.63. The van der Waals surface area contributed by atoms with Crippen molar-refractivity contribution in [2.24, 2.45) is 5.92 Å². The Kier molecular flexibility index (Phi) is 5.49.